The molecule has 1 saturated heterocycles. The molecule has 2 fully saturated rings. The fourth-order valence-electron chi connectivity index (χ4n) is 2.95. The minimum atomic E-state index is -0.614. The largest absolute Gasteiger partial charge is 0.464 e. The Morgan fingerprint density at radius 3 is 2.46 bits per heavy atom. The number of nitrogens with one attached hydrogen (secondary N) is 1. The molecule has 1 aliphatic carbocycles. The molecule has 1 atom stereocenters. The van der Waals surface area contributed by atoms with Crippen LogP contribution in [-0.2, 0) is 14.3 Å². The molecule has 1 aliphatic heterocycles. The smallest absolute Gasteiger partial charge is 0.325 e. The van der Waals surface area contributed by atoms with Gasteiger partial charge in [0.1, 0.15) is 12.6 Å². The van der Waals surface area contributed by atoms with E-state index in [1.165, 1.54) is 17.0 Å². The maximum atomic E-state index is 12.7. The van der Waals surface area contributed by atoms with E-state index in [2.05, 4.69) is 5.32 Å². The zero-order valence-electron chi connectivity index (χ0n) is 14.2. The Morgan fingerprint density at radius 1 is 1.12 bits per heavy atom. The molecule has 1 N–H and O–H groups in total. The van der Waals surface area contributed by atoms with Crippen molar-refractivity contribution < 1.29 is 19.1 Å². The van der Waals surface area contributed by atoms with Crippen LogP contribution in [0.25, 0.3) is 0 Å². The van der Waals surface area contributed by atoms with E-state index in [0.717, 1.165) is 12.8 Å². The summed E-state index contributed by atoms with van der Waals surface area (Å²) in [5, 5.41) is 3.29. The molecule has 0 spiro atoms. The Bertz CT molecular complexity index is 701. The summed E-state index contributed by atoms with van der Waals surface area (Å²) in [6.45, 7) is 0.693. The van der Waals surface area contributed by atoms with E-state index in [1.807, 2.05) is 0 Å². The van der Waals surface area contributed by atoms with Gasteiger partial charge >= 0.3 is 5.97 Å². The second kappa shape index (κ2) is 8.27. The number of ether oxygens (including phenoxy) is 1. The first-order valence-corrected chi connectivity index (χ1v) is 9.40. The van der Waals surface area contributed by atoms with Crippen LogP contribution >= 0.6 is 23.2 Å². The Balaban J connectivity index is 1.56. The number of benzene rings is 1. The van der Waals surface area contributed by atoms with Gasteiger partial charge in [0.25, 0.3) is 5.91 Å². The van der Waals surface area contributed by atoms with Gasteiger partial charge in [-0.15, -0.1) is 0 Å². The highest BCUT2D eigenvalue weighted by atomic mass is 35.5. The number of nitrogens with zero attached hydrogens (tertiary/aromatic N) is 1. The molecule has 140 valence electrons. The quantitative estimate of drug-likeness (QED) is 0.747. The van der Waals surface area contributed by atoms with Crippen LogP contribution in [0.3, 0.4) is 0 Å². The van der Waals surface area contributed by atoms with Gasteiger partial charge in [-0.25, -0.2) is 0 Å². The Labute approximate surface area is 161 Å². The van der Waals surface area contributed by atoms with E-state index in [1.54, 1.807) is 6.07 Å². The molecule has 1 aromatic carbocycles. The van der Waals surface area contributed by atoms with Crippen LogP contribution in [0, 0.1) is 5.92 Å². The van der Waals surface area contributed by atoms with Crippen LogP contribution < -0.4 is 5.32 Å². The summed E-state index contributed by atoms with van der Waals surface area (Å²) < 4.78 is 5.09. The van der Waals surface area contributed by atoms with Crippen molar-refractivity contribution >= 4 is 41.0 Å². The van der Waals surface area contributed by atoms with Gasteiger partial charge in [0, 0.05) is 22.2 Å². The number of carbonyl (C=O) groups is 3. The molecular formula is C18H20Cl2N2O4. The van der Waals surface area contributed by atoms with E-state index in [9.17, 15) is 14.4 Å². The maximum absolute atomic E-state index is 12.7. The molecule has 0 bridgehead atoms. The lowest BCUT2D eigenvalue weighted by Crippen LogP contribution is -2.47. The fourth-order valence-corrected chi connectivity index (χ4v) is 3.47. The summed E-state index contributed by atoms with van der Waals surface area (Å²) in [6.07, 6.45) is 3.44. The number of esters is 1. The molecule has 3 rings (SSSR count). The third-order valence-electron chi connectivity index (χ3n) is 4.51. The molecular weight excluding hydrogens is 379 g/mol. The summed E-state index contributed by atoms with van der Waals surface area (Å²) >= 11 is 11.9. The lowest BCUT2D eigenvalue weighted by molar-refractivity contribution is -0.144. The van der Waals surface area contributed by atoms with E-state index >= 15 is 0 Å². The second-order valence-electron chi connectivity index (χ2n) is 6.66. The van der Waals surface area contributed by atoms with Gasteiger partial charge < -0.3 is 15.0 Å². The first kappa shape index (κ1) is 19.0. The van der Waals surface area contributed by atoms with Crippen molar-refractivity contribution in [3.05, 3.63) is 33.8 Å². The fraction of sp³-hybridized carbons (Fsp3) is 0.500. The number of amides is 2. The number of rotatable bonds is 6. The van der Waals surface area contributed by atoms with Crippen LogP contribution in [0.4, 0.5) is 0 Å². The Hall–Kier alpha value is -1.79. The number of likely N-dealkylation sites (tertiary alicyclic amines) is 1. The summed E-state index contributed by atoms with van der Waals surface area (Å²) in [5.41, 5.74) is 0.339. The first-order valence-electron chi connectivity index (χ1n) is 8.64. The highest BCUT2D eigenvalue weighted by molar-refractivity contribution is 6.35. The molecule has 1 saturated carbocycles. The number of hydrogen-bond acceptors (Lipinski definition) is 4. The van der Waals surface area contributed by atoms with Gasteiger partial charge in [0.2, 0.25) is 5.91 Å². The first-order chi connectivity index (χ1) is 12.4. The van der Waals surface area contributed by atoms with Crippen molar-refractivity contribution in [1.82, 2.24) is 10.2 Å². The van der Waals surface area contributed by atoms with Crippen molar-refractivity contribution in [3.8, 4) is 0 Å². The zero-order valence-corrected chi connectivity index (χ0v) is 15.7. The number of hydrogen-bond donors (Lipinski definition) is 1. The molecule has 0 aromatic heterocycles. The molecule has 0 radical (unpaired) electrons. The molecule has 2 aliphatic rings. The second-order valence-corrected chi connectivity index (χ2v) is 7.53. The SMILES string of the molecule is O=C(CNC(=O)C1CCCN1C(=O)c1cc(Cl)cc(Cl)c1)OCC1CC1. The number of carbonyl (C=O) groups excluding carboxylic acids is 3. The topological polar surface area (TPSA) is 75.7 Å². The highest BCUT2D eigenvalue weighted by Crippen LogP contribution is 2.28. The highest BCUT2D eigenvalue weighted by Gasteiger charge is 2.35. The zero-order chi connectivity index (χ0) is 18.7. The van der Waals surface area contributed by atoms with E-state index in [-0.39, 0.29) is 18.4 Å². The molecule has 6 nitrogen and oxygen atoms in total. The van der Waals surface area contributed by atoms with E-state index in [4.69, 9.17) is 27.9 Å². The Morgan fingerprint density at radius 2 is 1.81 bits per heavy atom. The van der Waals surface area contributed by atoms with Crippen molar-refractivity contribution in [2.45, 2.75) is 31.7 Å². The van der Waals surface area contributed by atoms with Crippen molar-refractivity contribution in [3.63, 3.8) is 0 Å². The molecule has 26 heavy (non-hydrogen) atoms. The lowest BCUT2D eigenvalue weighted by atomic mass is 10.1. The normalized spacial score (nSPS) is 19.3. The monoisotopic (exact) mass is 398 g/mol. The summed E-state index contributed by atoms with van der Waals surface area (Å²) in [7, 11) is 0. The van der Waals surface area contributed by atoms with Crippen molar-refractivity contribution in [2.24, 2.45) is 5.92 Å². The predicted octanol–water partition coefficient (Wildman–Crippen LogP) is 2.67. The van der Waals surface area contributed by atoms with Gasteiger partial charge in [0.05, 0.1) is 6.61 Å². The minimum absolute atomic E-state index is 0.187. The van der Waals surface area contributed by atoms with Gasteiger partial charge in [0.15, 0.2) is 0 Å². The average molecular weight is 399 g/mol. The van der Waals surface area contributed by atoms with Crippen LogP contribution in [-0.4, -0.2) is 48.4 Å². The molecule has 1 aromatic rings. The van der Waals surface area contributed by atoms with Crippen LogP contribution in [0.1, 0.15) is 36.0 Å². The number of halogens is 2. The van der Waals surface area contributed by atoms with Gasteiger partial charge in [-0.3, -0.25) is 14.4 Å². The molecule has 1 unspecified atom stereocenters. The molecule has 1 heterocycles. The predicted molar refractivity (Wildman–Crippen MR) is 97.2 cm³/mol. The lowest BCUT2D eigenvalue weighted by Gasteiger charge is -2.24. The third-order valence-corrected chi connectivity index (χ3v) is 4.95. The van der Waals surface area contributed by atoms with E-state index in [0.29, 0.717) is 47.5 Å². The van der Waals surface area contributed by atoms with Crippen molar-refractivity contribution in [1.29, 1.82) is 0 Å². The van der Waals surface area contributed by atoms with Crippen LogP contribution in [0.15, 0.2) is 18.2 Å². The van der Waals surface area contributed by atoms with Crippen LogP contribution in [0.2, 0.25) is 10.0 Å². The van der Waals surface area contributed by atoms with Gasteiger partial charge in [-0.1, -0.05) is 23.2 Å². The van der Waals surface area contributed by atoms with Gasteiger partial charge in [-0.2, -0.15) is 0 Å². The summed E-state index contributed by atoms with van der Waals surface area (Å²) in [5.74, 6) is -0.638. The third kappa shape index (κ3) is 4.89. The average Bonchev–Trinajstić information content (AvgIpc) is 3.30. The summed E-state index contributed by atoms with van der Waals surface area (Å²) in [6, 6.07) is 3.98. The maximum Gasteiger partial charge on any atom is 0.325 e. The summed E-state index contributed by atoms with van der Waals surface area (Å²) in [4.78, 5) is 38.3. The minimum Gasteiger partial charge on any atom is -0.464 e. The molecule has 2 amide bonds. The molecule has 8 heteroatoms. The van der Waals surface area contributed by atoms with E-state index < -0.39 is 12.0 Å². The van der Waals surface area contributed by atoms with Gasteiger partial charge in [-0.05, 0) is 49.8 Å². The van der Waals surface area contributed by atoms with Crippen LogP contribution in [0.5, 0.6) is 0 Å². The Kier molecular flexibility index (Phi) is 6.04. The standard InChI is InChI=1S/C18H20Cl2N2O4/c19-13-6-12(7-14(20)8-13)18(25)22-5-1-2-15(22)17(24)21-9-16(23)26-10-11-3-4-11/h6-8,11,15H,1-5,9-10H2,(H,21,24). The van der Waals surface area contributed by atoms with Crippen molar-refractivity contribution in [2.75, 3.05) is 19.7 Å².